The predicted molar refractivity (Wildman–Crippen MR) is 132 cm³/mol. The highest BCUT2D eigenvalue weighted by Crippen LogP contribution is 2.43. The van der Waals surface area contributed by atoms with Crippen molar-refractivity contribution >= 4 is 35.0 Å². The smallest absolute Gasteiger partial charge is 0.416 e. The van der Waals surface area contributed by atoms with Gasteiger partial charge in [-0.3, -0.25) is 15.2 Å². The largest absolute Gasteiger partial charge is 0.474 e. The van der Waals surface area contributed by atoms with Crippen molar-refractivity contribution < 1.29 is 32.9 Å². The number of aliphatic hydroxyl groups excluding tert-OH is 2. The Bertz CT molecular complexity index is 1360. The first kappa shape index (κ1) is 25.9. The van der Waals surface area contributed by atoms with Crippen LogP contribution in [0.1, 0.15) is 12.0 Å². The van der Waals surface area contributed by atoms with Gasteiger partial charge >= 0.3 is 12.2 Å². The minimum atomic E-state index is -4.54. The quantitative estimate of drug-likeness (QED) is 0.425. The van der Waals surface area contributed by atoms with Crippen molar-refractivity contribution in [1.29, 1.82) is 0 Å². The number of fused-ring (bicyclic) bond motifs is 4. The highest BCUT2D eigenvalue weighted by atomic mass is 35.5. The van der Waals surface area contributed by atoms with Crippen LogP contribution in [0, 0.1) is 0 Å². The molecule has 5 rings (SSSR count). The van der Waals surface area contributed by atoms with Crippen LogP contribution in [0.25, 0.3) is 11.3 Å². The number of ether oxygens (including phenoxy) is 1. The van der Waals surface area contributed by atoms with Crippen LogP contribution in [0.2, 0.25) is 5.02 Å². The molecule has 1 fully saturated rings. The van der Waals surface area contributed by atoms with E-state index in [1.165, 1.54) is 29.4 Å². The Morgan fingerprint density at radius 3 is 2.84 bits per heavy atom. The predicted octanol–water partition coefficient (Wildman–Crippen LogP) is 3.57. The number of carbonyl (C=O) groups excluding carboxylic acids is 1. The summed E-state index contributed by atoms with van der Waals surface area (Å²) in [5.74, 6) is 0.359. The van der Waals surface area contributed by atoms with Gasteiger partial charge in [0.05, 0.1) is 47.0 Å². The topological polar surface area (TPSA) is 124 Å². The SMILES string of the molecule is O=C(Nc1cncc(OC[C@@H](O)CO)n1)N1c2nc(-c3cccc(C(F)(F)F)c3)c(Cl)cc2N2CC[C@H]1C2. The van der Waals surface area contributed by atoms with Crippen molar-refractivity contribution in [2.45, 2.75) is 24.7 Å². The lowest BCUT2D eigenvalue weighted by Crippen LogP contribution is -2.48. The van der Waals surface area contributed by atoms with Gasteiger partial charge in [-0.2, -0.15) is 18.2 Å². The molecule has 2 aliphatic rings. The molecule has 3 aromatic rings. The Balaban J connectivity index is 1.46. The van der Waals surface area contributed by atoms with Gasteiger partial charge in [-0.1, -0.05) is 23.7 Å². The number of hydrogen-bond donors (Lipinski definition) is 3. The number of carbonyl (C=O) groups is 1. The normalized spacial score (nSPS) is 17.3. The second-order valence-corrected chi connectivity index (χ2v) is 9.23. The number of benzene rings is 1. The molecular formula is C24H22ClF3N6O4. The van der Waals surface area contributed by atoms with E-state index in [2.05, 4.69) is 20.3 Å². The van der Waals surface area contributed by atoms with Gasteiger partial charge in [-0.15, -0.1) is 0 Å². The third kappa shape index (κ3) is 5.17. The molecule has 0 spiro atoms. The first-order valence-electron chi connectivity index (χ1n) is 11.6. The molecule has 2 atom stereocenters. The molecule has 2 amide bonds. The molecule has 2 bridgehead atoms. The first-order chi connectivity index (χ1) is 18.1. The van der Waals surface area contributed by atoms with Gasteiger partial charge in [0.1, 0.15) is 12.7 Å². The summed E-state index contributed by atoms with van der Waals surface area (Å²) >= 11 is 6.48. The van der Waals surface area contributed by atoms with Crippen LogP contribution in [0.5, 0.6) is 5.88 Å². The summed E-state index contributed by atoms with van der Waals surface area (Å²) in [7, 11) is 0. The zero-order valence-corrected chi connectivity index (χ0v) is 20.4. The number of alkyl halides is 3. The number of hydrogen-bond acceptors (Lipinski definition) is 8. The van der Waals surface area contributed by atoms with E-state index in [9.17, 15) is 23.1 Å². The minimum Gasteiger partial charge on any atom is -0.474 e. The molecule has 14 heteroatoms. The fraction of sp³-hybridized carbons (Fsp3) is 0.333. The number of pyridine rings is 1. The van der Waals surface area contributed by atoms with E-state index in [4.69, 9.17) is 21.4 Å². The summed E-state index contributed by atoms with van der Waals surface area (Å²) in [6.07, 6.45) is -2.40. The summed E-state index contributed by atoms with van der Waals surface area (Å²) in [6, 6.07) is 5.50. The van der Waals surface area contributed by atoms with E-state index in [1.54, 1.807) is 6.07 Å². The van der Waals surface area contributed by atoms with Crippen LogP contribution < -0.4 is 19.9 Å². The van der Waals surface area contributed by atoms with Gasteiger partial charge in [-0.05, 0) is 24.6 Å². The van der Waals surface area contributed by atoms with E-state index in [0.29, 0.717) is 25.2 Å². The zero-order valence-electron chi connectivity index (χ0n) is 19.7. The zero-order chi connectivity index (χ0) is 27.0. The molecule has 2 aliphatic heterocycles. The van der Waals surface area contributed by atoms with Crippen molar-refractivity contribution in [2.24, 2.45) is 0 Å². The van der Waals surface area contributed by atoms with Crippen LogP contribution in [0.3, 0.4) is 0 Å². The van der Waals surface area contributed by atoms with Gasteiger partial charge in [0.25, 0.3) is 0 Å². The Labute approximate surface area is 219 Å². The highest BCUT2D eigenvalue weighted by Gasteiger charge is 2.41. The Morgan fingerprint density at radius 1 is 1.26 bits per heavy atom. The molecule has 0 unspecified atom stereocenters. The van der Waals surface area contributed by atoms with Crippen molar-refractivity contribution in [3.63, 3.8) is 0 Å². The fourth-order valence-corrected chi connectivity index (χ4v) is 4.67. The third-order valence-electron chi connectivity index (χ3n) is 6.20. The number of nitrogens with one attached hydrogen (secondary N) is 1. The molecule has 38 heavy (non-hydrogen) atoms. The molecule has 1 aromatic carbocycles. The van der Waals surface area contributed by atoms with E-state index in [-0.39, 0.29) is 46.4 Å². The van der Waals surface area contributed by atoms with Crippen LogP contribution in [-0.2, 0) is 6.18 Å². The molecule has 1 saturated heterocycles. The number of anilines is 3. The minimum absolute atomic E-state index is 0.0260. The van der Waals surface area contributed by atoms with Crippen molar-refractivity contribution in [2.75, 3.05) is 41.4 Å². The van der Waals surface area contributed by atoms with E-state index >= 15 is 0 Å². The molecule has 0 aliphatic carbocycles. The van der Waals surface area contributed by atoms with Crippen molar-refractivity contribution in [3.05, 3.63) is 53.3 Å². The van der Waals surface area contributed by atoms with Crippen molar-refractivity contribution in [3.8, 4) is 17.1 Å². The number of rotatable bonds is 6. The van der Waals surface area contributed by atoms with E-state index in [0.717, 1.165) is 12.1 Å². The lowest BCUT2D eigenvalue weighted by Gasteiger charge is -2.36. The van der Waals surface area contributed by atoms with Gasteiger partial charge in [0, 0.05) is 18.7 Å². The fourth-order valence-electron chi connectivity index (χ4n) is 4.41. The maximum atomic E-state index is 13.5. The van der Waals surface area contributed by atoms with E-state index < -0.39 is 30.5 Å². The number of urea groups is 1. The van der Waals surface area contributed by atoms with Crippen molar-refractivity contribution in [1.82, 2.24) is 15.0 Å². The van der Waals surface area contributed by atoms with Crippen LogP contribution >= 0.6 is 11.6 Å². The molecule has 4 heterocycles. The Kier molecular flexibility index (Phi) is 6.99. The van der Waals surface area contributed by atoms with Gasteiger partial charge in [0.2, 0.25) is 5.88 Å². The summed E-state index contributed by atoms with van der Waals surface area (Å²) in [5.41, 5.74) is 0.0445. The molecule has 200 valence electrons. The summed E-state index contributed by atoms with van der Waals surface area (Å²) < 4.78 is 45.2. The van der Waals surface area contributed by atoms with Crippen LogP contribution in [-0.4, -0.2) is 69.6 Å². The molecule has 2 aromatic heterocycles. The summed E-state index contributed by atoms with van der Waals surface area (Å²) in [5, 5.41) is 21.2. The molecule has 10 nitrogen and oxygen atoms in total. The number of amides is 2. The molecule has 0 saturated carbocycles. The molecule has 3 N–H and O–H groups in total. The second-order valence-electron chi connectivity index (χ2n) is 8.82. The number of halogens is 4. The average Bonchev–Trinajstić information content (AvgIpc) is 3.31. The maximum Gasteiger partial charge on any atom is 0.416 e. The number of aromatic nitrogens is 3. The molecule has 0 radical (unpaired) electrons. The maximum absolute atomic E-state index is 13.5. The number of nitrogens with zero attached hydrogens (tertiary/aromatic N) is 5. The van der Waals surface area contributed by atoms with Crippen LogP contribution in [0.15, 0.2) is 42.7 Å². The van der Waals surface area contributed by atoms with Crippen LogP contribution in [0.4, 0.5) is 35.3 Å². The second kappa shape index (κ2) is 10.2. The first-order valence-corrected chi connectivity index (χ1v) is 12.0. The lowest BCUT2D eigenvalue weighted by molar-refractivity contribution is -0.137. The number of aliphatic hydroxyl groups is 2. The molecular weight excluding hydrogens is 529 g/mol. The Hall–Kier alpha value is -3.68. The van der Waals surface area contributed by atoms with Gasteiger partial charge < -0.3 is 19.8 Å². The lowest BCUT2D eigenvalue weighted by atomic mass is 10.1. The Morgan fingerprint density at radius 2 is 2.08 bits per heavy atom. The third-order valence-corrected chi connectivity index (χ3v) is 6.49. The van der Waals surface area contributed by atoms with Gasteiger partial charge in [0.15, 0.2) is 11.6 Å². The van der Waals surface area contributed by atoms with Gasteiger partial charge in [-0.25, -0.2) is 9.78 Å². The summed E-state index contributed by atoms with van der Waals surface area (Å²) in [4.78, 5) is 29.6. The average molecular weight is 551 g/mol. The van der Waals surface area contributed by atoms with E-state index in [1.807, 2.05) is 4.90 Å². The summed E-state index contributed by atoms with van der Waals surface area (Å²) in [6.45, 7) is 0.479. The standard InChI is InChI=1S/C24H22ClF3N6O4/c25-17-7-18-22(32-21(17)13-2-1-3-14(6-13)24(26,27)28)34(15-4-5-33(18)10-15)23(37)31-19-8-29-9-20(30-19)38-12-16(36)11-35/h1-3,6-9,15-16,35-36H,4-5,10-12H2,(H,30,31,37)/t15-,16-/m0/s1. The highest BCUT2D eigenvalue weighted by molar-refractivity contribution is 6.33. The monoisotopic (exact) mass is 550 g/mol.